The second-order valence-electron chi connectivity index (χ2n) is 7.10. The van der Waals surface area contributed by atoms with E-state index in [0.29, 0.717) is 18.0 Å². The maximum absolute atomic E-state index is 6.48. The highest BCUT2D eigenvalue weighted by atomic mass is 15.2. The normalized spacial score (nSPS) is 39.0. The van der Waals surface area contributed by atoms with Gasteiger partial charge >= 0.3 is 0 Å². The lowest BCUT2D eigenvalue weighted by atomic mass is 9.76. The van der Waals surface area contributed by atoms with Crippen LogP contribution in [0.15, 0.2) is 30.3 Å². The average molecular weight is 272 g/mol. The highest BCUT2D eigenvalue weighted by molar-refractivity contribution is 5.21. The van der Waals surface area contributed by atoms with Gasteiger partial charge < -0.3 is 5.73 Å². The second-order valence-corrected chi connectivity index (χ2v) is 7.10. The predicted molar refractivity (Wildman–Crippen MR) is 84.7 cm³/mol. The summed E-state index contributed by atoms with van der Waals surface area (Å²) in [4.78, 5) is 2.68. The van der Waals surface area contributed by atoms with Crippen LogP contribution < -0.4 is 5.73 Å². The molecular weight excluding hydrogens is 244 g/mol. The zero-order chi connectivity index (χ0) is 14.1. The molecular formula is C18H28N2. The predicted octanol–water partition coefficient (Wildman–Crippen LogP) is 3.24. The van der Waals surface area contributed by atoms with Crippen LogP contribution in [0, 0.1) is 11.8 Å². The fourth-order valence-electron chi connectivity index (χ4n) is 4.58. The Balaban J connectivity index is 1.68. The van der Waals surface area contributed by atoms with Gasteiger partial charge in [0.05, 0.1) is 0 Å². The molecule has 0 aromatic heterocycles. The van der Waals surface area contributed by atoms with Gasteiger partial charge in [-0.15, -0.1) is 0 Å². The molecule has 5 unspecified atom stereocenters. The third-order valence-electron chi connectivity index (χ3n) is 5.38. The Labute approximate surface area is 123 Å². The van der Waals surface area contributed by atoms with Gasteiger partial charge in [-0.25, -0.2) is 0 Å². The highest BCUT2D eigenvalue weighted by Crippen LogP contribution is 2.36. The largest absolute Gasteiger partial charge is 0.326 e. The van der Waals surface area contributed by atoms with Crippen LogP contribution in [0.3, 0.4) is 0 Å². The van der Waals surface area contributed by atoms with Gasteiger partial charge in [-0.3, -0.25) is 4.90 Å². The lowest BCUT2D eigenvalue weighted by molar-refractivity contribution is 0.0939. The smallest absolute Gasteiger partial charge is 0.0273 e. The van der Waals surface area contributed by atoms with Gasteiger partial charge in [0.15, 0.2) is 0 Å². The number of benzene rings is 1. The van der Waals surface area contributed by atoms with Crippen LogP contribution in [0.2, 0.25) is 0 Å². The van der Waals surface area contributed by atoms with Gasteiger partial charge in [0.1, 0.15) is 0 Å². The van der Waals surface area contributed by atoms with Gasteiger partial charge in [0.2, 0.25) is 0 Å². The number of hydrogen-bond acceptors (Lipinski definition) is 2. The summed E-state index contributed by atoms with van der Waals surface area (Å²) < 4.78 is 0. The standard InChI is InChI=1S/C18H28N2/c1-13-10-14(2)18(17(19)11-13)20-9-8-16(12-20)15-6-4-3-5-7-15/h3-7,13-14,16-18H,8-12,19H2,1-2H3. The van der Waals surface area contributed by atoms with Gasteiger partial charge in [0.25, 0.3) is 0 Å². The van der Waals surface area contributed by atoms with E-state index < -0.39 is 0 Å². The number of nitrogens with two attached hydrogens (primary N) is 1. The molecule has 2 N–H and O–H groups in total. The minimum absolute atomic E-state index is 0.364. The van der Waals surface area contributed by atoms with Crippen LogP contribution in [0.5, 0.6) is 0 Å². The van der Waals surface area contributed by atoms with Gasteiger partial charge in [-0.05, 0) is 49.1 Å². The van der Waals surface area contributed by atoms with Crippen molar-refractivity contribution in [3.05, 3.63) is 35.9 Å². The summed E-state index contributed by atoms with van der Waals surface area (Å²) in [5.41, 5.74) is 7.98. The Kier molecular flexibility index (Phi) is 4.13. The van der Waals surface area contributed by atoms with E-state index in [-0.39, 0.29) is 0 Å². The Bertz CT molecular complexity index is 418. The summed E-state index contributed by atoms with van der Waals surface area (Å²) >= 11 is 0. The van der Waals surface area contributed by atoms with Crippen molar-refractivity contribution in [2.24, 2.45) is 17.6 Å². The van der Waals surface area contributed by atoms with Crippen molar-refractivity contribution in [1.82, 2.24) is 4.90 Å². The van der Waals surface area contributed by atoms with Crippen LogP contribution in [0.1, 0.15) is 44.6 Å². The highest BCUT2D eigenvalue weighted by Gasteiger charge is 2.38. The van der Waals surface area contributed by atoms with Crippen LogP contribution in [-0.4, -0.2) is 30.1 Å². The van der Waals surface area contributed by atoms with Crippen molar-refractivity contribution in [2.75, 3.05) is 13.1 Å². The van der Waals surface area contributed by atoms with Crippen molar-refractivity contribution >= 4 is 0 Å². The number of hydrogen-bond donors (Lipinski definition) is 1. The maximum atomic E-state index is 6.48. The first-order chi connectivity index (χ1) is 9.65. The first-order valence-corrected chi connectivity index (χ1v) is 8.19. The quantitative estimate of drug-likeness (QED) is 0.895. The second kappa shape index (κ2) is 5.87. The summed E-state index contributed by atoms with van der Waals surface area (Å²) in [5.74, 6) is 2.24. The SMILES string of the molecule is CC1CC(C)C(N2CCC(c3ccccc3)C2)C(N)C1. The molecule has 0 spiro atoms. The van der Waals surface area contributed by atoms with Crippen LogP contribution in [0.25, 0.3) is 0 Å². The van der Waals surface area contributed by atoms with Crippen molar-refractivity contribution < 1.29 is 0 Å². The Hall–Kier alpha value is -0.860. The minimum atomic E-state index is 0.364. The first-order valence-electron chi connectivity index (χ1n) is 8.19. The molecule has 0 radical (unpaired) electrons. The van der Waals surface area contributed by atoms with Gasteiger partial charge in [0, 0.05) is 18.6 Å². The van der Waals surface area contributed by atoms with E-state index in [1.54, 1.807) is 0 Å². The Morgan fingerprint density at radius 2 is 1.85 bits per heavy atom. The monoisotopic (exact) mass is 272 g/mol. The van der Waals surface area contributed by atoms with Crippen LogP contribution in [-0.2, 0) is 0 Å². The lowest BCUT2D eigenvalue weighted by Gasteiger charge is -2.43. The first kappa shape index (κ1) is 14.1. The molecule has 0 amide bonds. The van der Waals surface area contributed by atoms with E-state index in [9.17, 15) is 0 Å². The molecule has 2 aliphatic rings. The van der Waals surface area contributed by atoms with E-state index >= 15 is 0 Å². The van der Waals surface area contributed by atoms with E-state index in [4.69, 9.17) is 5.73 Å². The zero-order valence-electron chi connectivity index (χ0n) is 12.8. The molecule has 1 saturated heterocycles. The van der Waals surface area contributed by atoms with Crippen molar-refractivity contribution in [3.63, 3.8) is 0 Å². The maximum Gasteiger partial charge on any atom is 0.0273 e. The molecule has 1 aliphatic carbocycles. The molecule has 20 heavy (non-hydrogen) atoms. The summed E-state index contributed by atoms with van der Waals surface area (Å²) in [5, 5.41) is 0. The van der Waals surface area contributed by atoms with Crippen molar-refractivity contribution in [2.45, 2.75) is 51.1 Å². The third kappa shape index (κ3) is 2.77. The molecule has 110 valence electrons. The van der Waals surface area contributed by atoms with E-state index in [1.165, 1.54) is 37.9 Å². The molecule has 0 bridgehead atoms. The fourth-order valence-corrected chi connectivity index (χ4v) is 4.58. The lowest BCUT2D eigenvalue weighted by Crippen LogP contribution is -2.54. The molecule has 1 saturated carbocycles. The van der Waals surface area contributed by atoms with E-state index in [2.05, 4.69) is 49.1 Å². The summed E-state index contributed by atoms with van der Waals surface area (Å²) in [6.45, 7) is 7.16. The Morgan fingerprint density at radius 3 is 2.55 bits per heavy atom. The number of nitrogens with zero attached hydrogens (tertiary/aromatic N) is 1. The number of likely N-dealkylation sites (tertiary alicyclic amines) is 1. The topological polar surface area (TPSA) is 29.3 Å². The minimum Gasteiger partial charge on any atom is -0.326 e. The van der Waals surface area contributed by atoms with Gasteiger partial charge in [-0.1, -0.05) is 44.2 Å². The molecule has 2 nitrogen and oxygen atoms in total. The molecule has 1 aromatic carbocycles. The van der Waals surface area contributed by atoms with E-state index in [0.717, 1.165) is 11.8 Å². The Morgan fingerprint density at radius 1 is 1.10 bits per heavy atom. The summed E-state index contributed by atoms with van der Waals surface area (Å²) in [6, 6.07) is 11.9. The molecule has 1 aliphatic heterocycles. The third-order valence-corrected chi connectivity index (χ3v) is 5.38. The molecule has 1 aromatic rings. The zero-order valence-corrected chi connectivity index (χ0v) is 12.8. The van der Waals surface area contributed by atoms with Gasteiger partial charge in [-0.2, -0.15) is 0 Å². The average Bonchev–Trinajstić information content (AvgIpc) is 2.88. The molecule has 2 heteroatoms. The van der Waals surface area contributed by atoms with Crippen molar-refractivity contribution in [1.29, 1.82) is 0 Å². The molecule has 5 atom stereocenters. The van der Waals surface area contributed by atoms with Crippen molar-refractivity contribution in [3.8, 4) is 0 Å². The summed E-state index contributed by atoms with van der Waals surface area (Å²) in [7, 11) is 0. The molecule has 2 fully saturated rings. The molecule has 3 rings (SSSR count). The fraction of sp³-hybridized carbons (Fsp3) is 0.667. The molecule has 1 heterocycles. The van der Waals surface area contributed by atoms with Crippen LogP contribution in [0.4, 0.5) is 0 Å². The number of rotatable bonds is 2. The summed E-state index contributed by atoms with van der Waals surface area (Å²) in [6.07, 6.45) is 3.82. The van der Waals surface area contributed by atoms with E-state index in [1.807, 2.05) is 0 Å². The van der Waals surface area contributed by atoms with Crippen LogP contribution >= 0.6 is 0 Å².